The normalized spacial score (nSPS) is 17.6. The van der Waals surface area contributed by atoms with Crippen LogP contribution in [0.4, 0.5) is 17.6 Å². The minimum absolute atomic E-state index is 0.0169. The number of rotatable bonds is 3. The van der Waals surface area contributed by atoms with Gasteiger partial charge in [0.1, 0.15) is 17.3 Å². The van der Waals surface area contributed by atoms with Gasteiger partial charge in [-0.25, -0.2) is 4.39 Å². The van der Waals surface area contributed by atoms with E-state index in [0.717, 1.165) is 42.8 Å². The van der Waals surface area contributed by atoms with Crippen LogP contribution in [-0.2, 0) is 23.9 Å². The molecule has 154 valence electrons. The lowest BCUT2D eigenvalue weighted by Crippen LogP contribution is -2.53. The molecule has 2 aliphatic rings. The Morgan fingerprint density at radius 1 is 1.07 bits per heavy atom. The molecule has 29 heavy (non-hydrogen) atoms. The molecule has 0 N–H and O–H groups in total. The maximum absolute atomic E-state index is 13.8. The Kier molecular flexibility index (Phi) is 4.98. The zero-order valence-corrected chi connectivity index (χ0v) is 15.8. The Hall–Kier alpha value is -2.61. The van der Waals surface area contributed by atoms with E-state index in [1.54, 1.807) is 12.1 Å². The van der Waals surface area contributed by atoms with E-state index in [9.17, 15) is 22.4 Å². The van der Waals surface area contributed by atoms with Crippen molar-refractivity contribution in [2.45, 2.75) is 19.1 Å². The van der Waals surface area contributed by atoms with Gasteiger partial charge in [-0.2, -0.15) is 13.2 Å². The highest BCUT2D eigenvalue weighted by Crippen LogP contribution is 2.34. The van der Waals surface area contributed by atoms with Gasteiger partial charge in [0.25, 0.3) is 0 Å². The number of hydrogen-bond acceptors (Lipinski definition) is 3. The van der Waals surface area contributed by atoms with Crippen molar-refractivity contribution in [3.8, 4) is 11.5 Å². The maximum atomic E-state index is 13.8. The SMILES string of the molecule is CN1CC(C(=O)N2CCc3ccc(Oc4ccc(C(F)(F)F)c(F)c4)cc3C2)C1. The molecule has 0 bridgehead atoms. The zero-order valence-electron chi connectivity index (χ0n) is 15.8. The molecule has 4 nitrogen and oxygen atoms in total. The molecule has 1 saturated heterocycles. The largest absolute Gasteiger partial charge is 0.457 e. The Labute approximate surface area is 165 Å². The molecule has 0 aromatic heterocycles. The second-order valence-electron chi connectivity index (χ2n) is 7.60. The van der Waals surface area contributed by atoms with E-state index in [0.29, 0.717) is 24.9 Å². The van der Waals surface area contributed by atoms with Gasteiger partial charge in [0, 0.05) is 32.2 Å². The van der Waals surface area contributed by atoms with Crippen molar-refractivity contribution < 1.29 is 27.1 Å². The highest BCUT2D eigenvalue weighted by Gasteiger charge is 2.35. The van der Waals surface area contributed by atoms with Crippen LogP contribution in [0.2, 0.25) is 0 Å². The molecule has 4 rings (SSSR count). The van der Waals surface area contributed by atoms with E-state index in [1.807, 2.05) is 18.0 Å². The molecule has 0 radical (unpaired) electrons. The van der Waals surface area contributed by atoms with Crippen molar-refractivity contribution >= 4 is 5.91 Å². The topological polar surface area (TPSA) is 32.8 Å². The molecule has 0 atom stereocenters. The summed E-state index contributed by atoms with van der Waals surface area (Å²) in [7, 11) is 1.98. The van der Waals surface area contributed by atoms with Crippen LogP contribution in [0, 0.1) is 11.7 Å². The van der Waals surface area contributed by atoms with Gasteiger partial charge in [-0.1, -0.05) is 6.07 Å². The van der Waals surface area contributed by atoms with Crippen LogP contribution in [0.3, 0.4) is 0 Å². The summed E-state index contributed by atoms with van der Waals surface area (Å²) in [6, 6.07) is 7.83. The summed E-state index contributed by atoms with van der Waals surface area (Å²) in [6.45, 7) is 2.67. The summed E-state index contributed by atoms with van der Waals surface area (Å²) in [5.74, 6) is -0.825. The standard InChI is InChI=1S/C21H20F4N2O2/c1-26-10-15(11-26)20(28)27-7-6-13-2-3-16(8-14(13)12-27)29-17-4-5-18(19(22)9-17)21(23,24)25/h2-5,8-9,15H,6-7,10-12H2,1H3. The van der Waals surface area contributed by atoms with Crippen LogP contribution in [0.15, 0.2) is 36.4 Å². The second-order valence-corrected chi connectivity index (χ2v) is 7.60. The number of hydrogen-bond donors (Lipinski definition) is 0. The fraction of sp³-hybridized carbons (Fsp3) is 0.381. The van der Waals surface area contributed by atoms with Crippen LogP contribution in [0.5, 0.6) is 11.5 Å². The molecule has 0 unspecified atom stereocenters. The van der Waals surface area contributed by atoms with Crippen molar-refractivity contribution in [1.29, 1.82) is 0 Å². The Morgan fingerprint density at radius 3 is 2.41 bits per heavy atom. The molecular formula is C21H20F4N2O2. The quantitative estimate of drug-likeness (QED) is 0.718. The predicted octanol–water partition coefficient (Wildman–Crippen LogP) is 4.08. The first-order chi connectivity index (χ1) is 13.7. The van der Waals surface area contributed by atoms with Crippen LogP contribution in [0.1, 0.15) is 16.7 Å². The van der Waals surface area contributed by atoms with Gasteiger partial charge >= 0.3 is 6.18 Å². The summed E-state index contributed by atoms with van der Waals surface area (Å²) in [5.41, 5.74) is 0.707. The highest BCUT2D eigenvalue weighted by atomic mass is 19.4. The monoisotopic (exact) mass is 408 g/mol. The minimum atomic E-state index is -4.75. The van der Waals surface area contributed by atoms with Crippen LogP contribution >= 0.6 is 0 Å². The zero-order chi connectivity index (χ0) is 20.8. The van der Waals surface area contributed by atoms with E-state index in [4.69, 9.17) is 4.74 Å². The van der Waals surface area contributed by atoms with E-state index in [1.165, 1.54) is 0 Å². The number of carbonyl (C=O) groups excluding carboxylic acids is 1. The third kappa shape index (κ3) is 4.07. The van der Waals surface area contributed by atoms with Crippen molar-refractivity contribution in [2.24, 2.45) is 5.92 Å². The Morgan fingerprint density at radius 2 is 1.76 bits per heavy atom. The first-order valence-corrected chi connectivity index (χ1v) is 9.34. The van der Waals surface area contributed by atoms with Gasteiger partial charge in [-0.15, -0.1) is 0 Å². The van der Waals surface area contributed by atoms with Crippen molar-refractivity contribution in [2.75, 3.05) is 26.7 Å². The van der Waals surface area contributed by atoms with Gasteiger partial charge in [0.05, 0.1) is 11.5 Å². The van der Waals surface area contributed by atoms with Gasteiger partial charge in [0.15, 0.2) is 0 Å². The number of fused-ring (bicyclic) bond motifs is 1. The highest BCUT2D eigenvalue weighted by molar-refractivity contribution is 5.80. The first-order valence-electron chi connectivity index (χ1n) is 9.34. The molecule has 2 aromatic carbocycles. The van der Waals surface area contributed by atoms with Crippen LogP contribution < -0.4 is 4.74 Å². The molecule has 1 fully saturated rings. The summed E-state index contributed by atoms with van der Waals surface area (Å²) in [5, 5.41) is 0. The third-order valence-electron chi connectivity index (χ3n) is 5.40. The van der Waals surface area contributed by atoms with E-state index in [2.05, 4.69) is 4.90 Å². The fourth-order valence-corrected chi connectivity index (χ4v) is 3.82. The maximum Gasteiger partial charge on any atom is 0.419 e. The molecule has 0 spiro atoms. The molecule has 1 amide bonds. The number of halogens is 4. The second kappa shape index (κ2) is 7.33. The minimum Gasteiger partial charge on any atom is -0.457 e. The smallest absolute Gasteiger partial charge is 0.419 e. The van der Waals surface area contributed by atoms with Crippen molar-refractivity contribution in [3.05, 3.63) is 58.9 Å². The van der Waals surface area contributed by atoms with Gasteiger partial charge in [-0.3, -0.25) is 4.79 Å². The molecule has 8 heteroatoms. The molecule has 0 saturated carbocycles. The number of nitrogens with zero attached hydrogens (tertiary/aromatic N) is 2. The van der Waals surface area contributed by atoms with Gasteiger partial charge < -0.3 is 14.5 Å². The number of amides is 1. The van der Waals surface area contributed by atoms with Gasteiger partial charge in [-0.05, 0) is 48.9 Å². The Balaban J connectivity index is 1.48. The van der Waals surface area contributed by atoms with E-state index in [-0.39, 0.29) is 17.6 Å². The molecule has 2 aliphatic heterocycles. The summed E-state index contributed by atoms with van der Waals surface area (Å²) in [6.07, 6.45) is -4.02. The first kappa shape index (κ1) is 19.7. The van der Waals surface area contributed by atoms with Gasteiger partial charge in [0.2, 0.25) is 5.91 Å². The third-order valence-corrected chi connectivity index (χ3v) is 5.40. The summed E-state index contributed by atoms with van der Waals surface area (Å²) < 4.78 is 57.4. The summed E-state index contributed by atoms with van der Waals surface area (Å²) in [4.78, 5) is 16.5. The lowest BCUT2D eigenvalue weighted by Gasteiger charge is -2.39. The van der Waals surface area contributed by atoms with Crippen molar-refractivity contribution in [1.82, 2.24) is 9.80 Å². The average Bonchev–Trinajstić information content (AvgIpc) is 2.63. The molecule has 0 aliphatic carbocycles. The predicted molar refractivity (Wildman–Crippen MR) is 98.0 cm³/mol. The van der Waals surface area contributed by atoms with Crippen molar-refractivity contribution in [3.63, 3.8) is 0 Å². The number of benzene rings is 2. The lowest BCUT2D eigenvalue weighted by molar-refractivity contribution is -0.141. The lowest BCUT2D eigenvalue weighted by atomic mass is 9.95. The molecular weight excluding hydrogens is 388 g/mol. The number of alkyl halides is 3. The average molecular weight is 408 g/mol. The molecule has 2 aromatic rings. The summed E-state index contributed by atoms with van der Waals surface area (Å²) >= 11 is 0. The van der Waals surface area contributed by atoms with E-state index < -0.39 is 17.6 Å². The van der Waals surface area contributed by atoms with E-state index >= 15 is 0 Å². The fourth-order valence-electron chi connectivity index (χ4n) is 3.82. The van der Waals surface area contributed by atoms with Crippen LogP contribution in [0.25, 0.3) is 0 Å². The number of ether oxygens (including phenoxy) is 1. The molecule has 2 heterocycles. The number of carbonyl (C=O) groups is 1. The number of likely N-dealkylation sites (tertiary alicyclic amines) is 1. The Bertz CT molecular complexity index is 939. The van der Waals surface area contributed by atoms with Crippen LogP contribution in [-0.4, -0.2) is 42.4 Å².